The Bertz CT molecular complexity index is 716. The van der Waals surface area contributed by atoms with Crippen molar-refractivity contribution in [2.45, 2.75) is 6.92 Å². The first-order chi connectivity index (χ1) is 9.90. The van der Waals surface area contributed by atoms with Gasteiger partial charge < -0.3 is 5.32 Å². The molecule has 8 heteroatoms. The molecule has 0 aliphatic rings. The van der Waals surface area contributed by atoms with Crippen molar-refractivity contribution in [2.75, 3.05) is 5.32 Å². The summed E-state index contributed by atoms with van der Waals surface area (Å²) >= 11 is 5.75. The lowest BCUT2D eigenvalue weighted by molar-refractivity contribution is -0.385. The van der Waals surface area contributed by atoms with Gasteiger partial charge in [-0.15, -0.1) is 0 Å². The Morgan fingerprint density at radius 1 is 1.48 bits per heavy atom. The Morgan fingerprint density at radius 2 is 2.19 bits per heavy atom. The second-order valence-electron chi connectivity index (χ2n) is 4.17. The summed E-state index contributed by atoms with van der Waals surface area (Å²) in [7, 11) is 0. The van der Waals surface area contributed by atoms with Gasteiger partial charge >= 0.3 is 0 Å². The summed E-state index contributed by atoms with van der Waals surface area (Å²) in [5.74, 6) is -1.39. The first kappa shape index (κ1) is 14.9. The number of hydrogen-bond donors (Lipinski definition) is 1. The van der Waals surface area contributed by atoms with Gasteiger partial charge in [0, 0.05) is 6.07 Å². The maximum Gasteiger partial charge on any atom is 0.288 e. The number of halogens is 2. The average molecular weight is 310 g/mol. The maximum atomic E-state index is 13.7. The molecular weight excluding hydrogens is 301 g/mol. The number of hydrogen-bond acceptors (Lipinski definition) is 4. The van der Waals surface area contributed by atoms with Gasteiger partial charge in [-0.3, -0.25) is 14.9 Å². The first-order valence-corrected chi connectivity index (χ1v) is 6.14. The summed E-state index contributed by atoms with van der Waals surface area (Å²) in [5, 5.41) is 12.8. The second kappa shape index (κ2) is 5.84. The topological polar surface area (TPSA) is 85.1 Å². The van der Waals surface area contributed by atoms with Crippen molar-refractivity contribution < 1.29 is 14.1 Å². The number of nitro groups is 1. The average Bonchev–Trinajstić information content (AvgIpc) is 2.43. The minimum absolute atomic E-state index is 0.00919. The molecule has 0 aliphatic heterocycles. The van der Waals surface area contributed by atoms with Crippen LogP contribution in [0.15, 0.2) is 30.5 Å². The number of aryl methyl sites for hydroxylation is 1. The van der Waals surface area contributed by atoms with Crippen LogP contribution in [-0.4, -0.2) is 15.8 Å². The van der Waals surface area contributed by atoms with Crippen LogP contribution in [0.1, 0.15) is 15.9 Å². The smallest absolute Gasteiger partial charge is 0.288 e. The summed E-state index contributed by atoms with van der Waals surface area (Å²) < 4.78 is 13.7. The van der Waals surface area contributed by atoms with Crippen LogP contribution in [0.4, 0.5) is 15.8 Å². The Morgan fingerprint density at radius 3 is 2.81 bits per heavy atom. The Kier molecular flexibility index (Phi) is 4.13. The molecule has 0 spiro atoms. The Balaban J connectivity index is 2.37. The number of nitrogens with zero attached hydrogens (tertiary/aromatic N) is 2. The van der Waals surface area contributed by atoms with Crippen LogP contribution < -0.4 is 5.32 Å². The fourth-order valence-electron chi connectivity index (χ4n) is 1.67. The van der Waals surface area contributed by atoms with Crippen LogP contribution in [0.2, 0.25) is 5.15 Å². The third kappa shape index (κ3) is 3.14. The number of pyridine rings is 1. The van der Waals surface area contributed by atoms with E-state index in [0.29, 0.717) is 5.56 Å². The van der Waals surface area contributed by atoms with E-state index in [9.17, 15) is 19.3 Å². The predicted molar refractivity (Wildman–Crippen MR) is 75.0 cm³/mol. The van der Waals surface area contributed by atoms with Gasteiger partial charge in [0.15, 0.2) is 0 Å². The number of para-hydroxylation sites is 1. The van der Waals surface area contributed by atoms with Crippen LogP contribution in [-0.2, 0) is 0 Å². The van der Waals surface area contributed by atoms with Crippen LogP contribution in [0.3, 0.4) is 0 Å². The van der Waals surface area contributed by atoms with Gasteiger partial charge in [-0.25, -0.2) is 9.37 Å². The molecular formula is C13H9ClFN3O3. The Hall–Kier alpha value is -2.54. The number of benzene rings is 1. The van der Waals surface area contributed by atoms with Crippen LogP contribution in [0, 0.1) is 22.9 Å². The molecule has 108 valence electrons. The summed E-state index contributed by atoms with van der Waals surface area (Å²) in [4.78, 5) is 25.7. The normalized spacial score (nSPS) is 10.2. The van der Waals surface area contributed by atoms with E-state index in [1.807, 2.05) is 0 Å². The molecule has 0 aliphatic carbocycles. The minimum Gasteiger partial charge on any atom is -0.319 e. The third-order valence-electron chi connectivity index (χ3n) is 2.74. The van der Waals surface area contributed by atoms with Crippen molar-refractivity contribution in [3.05, 3.63) is 62.7 Å². The van der Waals surface area contributed by atoms with Crippen molar-refractivity contribution >= 4 is 28.9 Å². The molecule has 0 atom stereocenters. The Labute approximate surface area is 123 Å². The van der Waals surface area contributed by atoms with Crippen molar-refractivity contribution in [2.24, 2.45) is 0 Å². The third-order valence-corrected chi connectivity index (χ3v) is 3.04. The first-order valence-electron chi connectivity index (χ1n) is 5.76. The molecule has 1 amide bonds. The fourth-order valence-corrected chi connectivity index (χ4v) is 1.86. The van der Waals surface area contributed by atoms with E-state index in [2.05, 4.69) is 10.3 Å². The van der Waals surface area contributed by atoms with Crippen molar-refractivity contribution in [1.29, 1.82) is 0 Å². The summed E-state index contributed by atoms with van der Waals surface area (Å²) in [6.45, 7) is 1.62. The van der Waals surface area contributed by atoms with E-state index in [0.717, 1.165) is 12.3 Å². The molecule has 2 rings (SSSR count). The van der Waals surface area contributed by atoms with E-state index in [1.165, 1.54) is 12.1 Å². The minimum atomic E-state index is -0.774. The molecule has 0 bridgehead atoms. The molecule has 0 radical (unpaired) electrons. The molecule has 1 heterocycles. The molecule has 2 aromatic rings. The SMILES string of the molecule is Cc1cccc(F)c1NC(=O)c1cc([N+](=O)[O-])cnc1Cl. The molecule has 21 heavy (non-hydrogen) atoms. The lowest BCUT2D eigenvalue weighted by Crippen LogP contribution is -2.15. The highest BCUT2D eigenvalue weighted by atomic mass is 35.5. The fraction of sp³-hybridized carbons (Fsp3) is 0.0769. The van der Waals surface area contributed by atoms with Gasteiger partial charge in [0.05, 0.1) is 16.2 Å². The second-order valence-corrected chi connectivity index (χ2v) is 4.53. The molecule has 0 saturated carbocycles. The highest BCUT2D eigenvalue weighted by Crippen LogP contribution is 2.23. The van der Waals surface area contributed by atoms with Gasteiger partial charge in [-0.2, -0.15) is 0 Å². The lowest BCUT2D eigenvalue weighted by atomic mass is 10.1. The number of carbonyl (C=O) groups excluding carboxylic acids is 1. The van der Waals surface area contributed by atoms with Crippen molar-refractivity contribution in [1.82, 2.24) is 4.98 Å². The summed E-state index contributed by atoms with van der Waals surface area (Å²) in [5.41, 5.74) is -0.0775. The van der Waals surface area contributed by atoms with Gasteiger partial charge in [0.1, 0.15) is 17.2 Å². The number of nitrogens with one attached hydrogen (secondary N) is 1. The van der Waals surface area contributed by atoms with Crippen molar-refractivity contribution in [3.8, 4) is 0 Å². The number of anilines is 1. The lowest BCUT2D eigenvalue weighted by Gasteiger charge is -2.09. The van der Waals surface area contributed by atoms with E-state index in [1.54, 1.807) is 13.0 Å². The van der Waals surface area contributed by atoms with Gasteiger partial charge in [0.25, 0.3) is 11.6 Å². The summed E-state index contributed by atoms with van der Waals surface area (Å²) in [6.07, 6.45) is 0.938. The number of amides is 1. The molecule has 1 aromatic carbocycles. The quantitative estimate of drug-likeness (QED) is 0.535. The van der Waals surface area contributed by atoms with Crippen LogP contribution in [0.5, 0.6) is 0 Å². The zero-order valence-corrected chi connectivity index (χ0v) is 11.5. The van der Waals surface area contributed by atoms with Gasteiger partial charge in [0.2, 0.25) is 0 Å². The van der Waals surface area contributed by atoms with Gasteiger partial charge in [-0.1, -0.05) is 23.7 Å². The predicted octanol–water partition coefficient (Wildman–Crippen LogP) is 3.34. The molecule has 1 aromatic heterocycles. The zero-order chi connectivity index (χ0) is 15.6. The van der Waals surface area contributed by atoms with E-state index in [-0.39, 0.29) is 22.1 Å². The molecule has 0 unspecified atom stereocenters. The van der Waals surface area contributed by atoms with E-state index < -0.39 is 16.6 Å². The monoisotopic (exact) mass is 309 g/mol. The van der Waals surface area contributed by atoms with E-state index >= 15 is 0 Å². The van der Waals surface area contributed by atoms with Crippen molar-refractivity contribution in [3.63, 3.8) is 0 Å². The molecule has 0 saturated heterocycles. The molecule has 6 nitrogen and oxygen atoms in total. The van der Waals surface area contributed by atoms with Gasteiger partial charge in [-0.05, 0) is 18.6 Å². The highest BCUT2D eigenvalue weighted by molar-refractivity contribution is 6.33. The number of carbonyl (C=O) groups is 1. The van der Waals surface area contributed by atoms with Crippen LogP contribution >= 0.6 is 11.6 Å². The molecule has 0 fully saturated rings. The maximum absolute atomic E-state index is 13.7. The van der Waals surface area contributed by atoms with Crippen LogP contribution in [0.25, 0.3) is 0 Å². The number of rotatable bonds is 3. The zero-order valence-electron chi connectivity index (χ0n) is 10.8. The number of aromatic nitrogens is 1. The standard InChI is InChI=1S/C13H9ClFN3O3/c1-7-3-2-4-10(15)11(7)17-13(19)9-5-8(18(20)21)6-16-12(9)14/h2-6H,1H3,(H,17,19). The van der Waals surface area contributed by atoms with E-state index in [4.69, 9.17) is 11.6 Å². The largest absolute Gasteiger partial charge is 0.319 e. The molecule has 1 N–H and O–H groups in total. The summed E-state index contributed by atoms with van der Waals surface area (Å²) in [6, 6.07) is 5.30. The highest BCUT2D eigenvalue weighted by Gasteiger charge is 2.18.